The molecule has 7 heteroatoms. The Kier molecular flexibility index (Phi) is 7.51. The molecule has 0 spiro atoms. The molecule has 0 aliphatic heterocycles. The van der Waals surface area contributed by atoms with Gasteiger partial charge in [0.2, 0.25) is 0 Å². The fourth-order valence-electron chi connectivity index (χ4n) is 2.46. The minimum Gasteiger partial charge on any atom is -0.496 e. The second-order valence-corrected chi connectivity index (χ2v) is 8.41. The van der Waals surface area contributed by atoms with Gasteiger partial charge in [0.25, 0.3) is 0 Å². The fourth-order valence-corrected chi connectivity index (χ4v) is 2.46. The zero-order chi connectivity index (χ0) is 20.8. The Balaban J connectivity index is 2.98. The summed E-state index contributed by atoms with van der Waals surface area (Å²) in [6, 6.07) is 4.71. The molecule has 1 unspecified atom stereocenters. The number of nitrogen functional groups attached to an aromatic ring is 1. The quantitative estimate of drug-likeness (QED) is 0.579. The van der Waals surface area contributed by atoms with E-state index in [1.165, 1.54) is 0 Å². The molecule has 1 aromatic carbocycles. The summed E-state index contributed by atoms with van der Waals surface area (Å²) >= 11 is 0. The lowest BCUT2D eigenvalue weighted by Crippen LogP contribution is -2.42. The van der Waals surface area contributed by atoms with Crippen LogP contribution in [0.2, 0.25) is 0 Å². The molecule has 0 heterocycles. The Morgan fingerprint density at radius 1 is 1.07 bits per heavy atom. The van der Waals surface area contributed by atoms with Gasteiger partial charge in [-0.25, -0.2) is 4.79 Å². The Labute approximate surface area is 161 Å². The third-order valence-corrected chi connectivity index (χ3v) is 3.32. The first-order valence-corrected chi connectivity index (χ1v) is 8.93. The fraction of sp³-hybridized carbons (Fsp3) is 0.600. The van der Waals surface area contributed by atoms with Crippen LogP contribution in [-0.2, 0) is 20.7 Å². The Morgan fingerprint density at radius 2 is 1.67 bits per heavy atom. The van der Waals surface area contributed by atoms with Gasteiger partial charge in [0.1, 0.15) is 17.0 Å². The standard InChI is InChI=1S/C20H32N2O5/c1-19(2,3)26-17(23)12-15(22-18(24)27-20(4,5)6)11-13-10-14(21)8-9-16(13)25-7/h8-10,15H,11-12,21H2,1-7H3,(H,22,24). The number of nitrogens with one attached hydrogen (secondary N) is 1. The first kappa shape index (κ1) is 22.6. The first-order valence-electron chi connectivity index (χ1n) is 8.93. The number of benzene rings is 1. The molecule has 0 saturated carbocycles. The zero-order valence-corrected chi connectivity index (χ0v) is 17.3. The van der Waals surface area contributed by atoms with Crippen molar-refractivity contribution in [2.75, 3.05) is 12.8 Å². The van der Waals surface area contributed by atoms with Gasteiger partial charge < -0.3 is 25.3 Å². The summed E-state index contributed by atoms with van der Waals surface area (Å²) in [4.78, 5) is 24.5. The number of methoxy groups -OCH3 is 1. The van der Waals surface area contributed by atoms with E-state index in [4.69, 9.17) is 19.9 Å². The van der Waals surface area contributed by atoms with Crippen LogP contribution < -0.4 is 15.8 Å². The first-order chi connectivity index (χ1) is 12.3. The maximum absolute atomic E-state index is 12.3. The maximum atomic E-state index is 12.3. The van der Waals surface area contributed by atoms with E-state index in [0.717, 1.165) is 5.56 Å². The highest BCUT2D eigenvalue weighted by Gasteiger charge is 2.25. The smallest absolute Gasteiger partial charge is 0.407 e. The number of esters is 1. The molecule has 0 aliphatic rings. The average Bonchev–Trinajstić information content (AvgIpc) is 2.42. The third kappa shape index (κ3) is 9.17. The van der Waals surface area contributed by atoms with Crippen LogP contribution in [0.3, 0.4) is 0 Å². The Bertz CT molecular complexity index is 629. The van der Waals surface area contributed by atoms with E-state index < -0.39 is 29.3 Å². The molecule has 7 nitrogen and oxygen atoms in total. The topological polar surface area (TPSA) is 99.9 Å². The monoisotopic (exact) mass is 380 g/mol. The lowest BCUT2D eigenvalue weighted by molar-refractivity contribution is -0.155. The zero-order valence-electron chi connectivity index (χ0n) is 17.3. The van der Waals surface area contributed by atoms with E-state index in [-0.39, 0.29) is 6.42 Å². The predicted molar refractivity (Wildman–Crippen MR) is 105 cm³/mol. The molecule has 3 N–H and O–H groups in total. The van der Waals surface area contributed by atoms with Gasteiger partial charge in [-0.2, -0.15) is 0 Å². The molecule has 1 rings (SSSR count). The molecule has 0 saturated heterocycles. The molecule has 1 amide bonds. The van der Waals surface area contributed by atoms with Crippen LogP contribution in [-0.4, -0.2) is 36.4 Å². The van der Waals surface area contributed by atoms with Crippen LogP contribution in [0.15, 0.2) is 18.2 Å². The van der Waals surface area contributed by atoms with Gasteiger partial charge in [-0.05, 0) is 71.7 Å². The van der Waals surface area contributed by atoms with Crippen LogP contribution in [0.25, 0.3) is 0 Å². The molecule has 152 valence electrons. The Hall–Kier alpha value is -2.44. The molecule has 0 bridgehead atoms. The Morgan fingerprint density at radius 3 is 2.19 bits per heavy atom. The number of anilines is 1. The highest BCUT2D eigenvalue weighted by atomic mass is 16.6. The van der Waals surface area contributed by atoms with E-state index in [9.17, 15) is 9.59 Å². The van der Waals surface area contributed by atoms with Crippen molar-refractivity contribution in [1.29, 1.82) is 0 Å². The number of hydrogen-bond donors (Lipinski definition) is 2. The highest BCUT2D eigenvalue weighted by molar-refractivity contribution is 5.73. The van der Waals surface area contributed by atoms with Crippen LogP contribution in [0.1, 0.15) is 53.5 Å². The summed E-state index contributed by atoms with van der Waals surface area (Å²) in [7, 11) is 1.55. The minimum absolute atomic E-state index is 0.00549. The molecule has 1 aromatic rings. The number of carbonyl (C=O) groups excluding carboxylic acids is 2. The van der Waals surface area contributed by atoms with Crippen LogP contribution >= 0.6 is 0 Å². The van der Waals surface area contributed by atoms with Gasteiger partial charge in [-0.15, -0.1) is 0 Å². The molecule has 0 aromatic heterocycles. The van der Waals surface area contributed by atoms with E-state index in [1.807, 2.05) is 0 Å². The van der Waals surface area contributed by atoms with Crippen LogP contribution in [0.4, 0.5) is 10.5 Å². The summed E-state index contributed by atoms with van der Waals surface area (Å²) in [6.45, 7) is 10.7. The number of amides is 1. The lowest BCUT2D eigenvalue weighted by atomic mass is 10.0. The molecule has 0 aliphatic carbocycles. The van der Waals surface area contributed by atoms with Crippen molar-refractivity contribution in [3.63, 3.8) is 0 Å². The van der Waals surface area contributed by atoms with Crippen molar-refractivity contribution in [3.8, 4) is 5.75 Å². The number of alkyl carbamates (subject to hydrolysis) is 1. The van der Waals surface area contributed by atoms with Crippen LogP contribution in [0, 0.1) is 0 Å². The van der Waals surface area contributed by atoms with Crippen molar-refractivity contribution in [2.24, 2.45) is 0 Å². The van der Waals surface area contributed by atoms with E-state index in [2.05, 4.69) is 5.32 Å². The number of rotatable bonds is 6. The van der Waals surface area contributed by atoms with E-state index in [1.54, 1.807) is 66.9 Å². The number of ether oxygens (including phenoxy) is 3. The summed E-state index contributed by atoms with van der Waals surface area (Å²) in [5, 5.41) is 2.75. The van der Waals surface area contributed by atoms with Crippen molar-refractivity contribution >= 4 is 17.7 Å². The van der Waals surface area contributed by atoms with Crippen molar-refractivity contribution in [2.45, 2.75) is 71.6 Å². The van der Waals surface area contributed by atoms with Crippen molar-refractivity contribution in [3.05, 3.63) is 23.8 Å². The van der Waals surface area contributed by atoms with Gasteiger partial charge in [0, 0.05) is 11.7 Å². The van der Waals surface area contributed by atoms with E-state index >= 15 is 0 Å². The summed E-state index contributed by atoms with van der Waals surface area (Å²) in [5.41, 5.74) is 5.96. The van der Waals surface area contributed by atoms with E-state index in [0.29, 0.717) is 17.9 Å². The third-order valence-electron chi connectivity index (χ3n) is 3.32. The van der Waals surface area contributed by atoms with Gasteiger partial charge >= 0.3 is 12.1 Å². The number of nitrogens with two attached hydrogens (primary N) is 1. The summed E-state index contributed by atoms with van der Waals surface area (Å²) in [6.07, 6.45) is -0.264. The van der Waals surface area contributed by atoms with Gasteiger partial charge in [-0.3, -0.25) is 4.79 Å². The second-order valence-electron chi connectivity index (χ2n) is 8.41. The molecular weight excluding hydrogens is 348 g/mol. The highest BCUT2D eigenvalue weighted by Crippen LogP contribution is 2.24. The van der Waals surface area contributed by atoms with Gasteiger partial charge in [0.15, 0.2) is 0 Å². The molecule has 1 atom stereocenters. The summed E-state index contributed by atoms with van der Waals surface area (Å²) < 4.78 is 16.0. The normalized spacial score (nSPS) is 12.9. The average molecular weight is 380 g/mol. The number of carbonyl (C=O) groups is 2. The SMILES string of the molecule is COc1ccc(N)cc1CC(CC(=O)OC(C)(C)C)NC(=O)OC(C)(C)C. The molecule has 0 radical (unpaired) electrons. The molecule has 0 fully saturated rings. The van der Waals surface area contributed by atoms with Crippen molar-refractivity contribution < 1.29 is 23.8 Å². The molecule has 27 heavy (non-hydrogen) atoms. The van der Waals surface area contributed by atoms with Crippen LogP contribution in [0.5, 0.6) is 5.75 Å². The lowest BCUT2D eigenvalue weighted by Gasteiger charge is -2.25. The minimum atomic E-state index is -0.643. The van der Waals surface area contributed by atoms with Crippen molar-refractivity contribution in [1.82, 2.24) is 5.32 Å². The van der Waals surface area contributed by atoms with Gasteiger partial charge in [-0.1, -0.05) is 0 Å². The molecular formula is C20H32N2O5. The van der Waals surface area contributed by atoms with Gasteiger partial charge in [0.05, 0.1) is 13.5 Å². The largest absolute Gasteiger partial charge is 0.496 e. The number of hydrogen-bond acceptors (Lipinski definition) is 6. The second kappa shape index (κ2) is 8.97. The summed E-state index contributed by atoms with van der Waals surface area (Å²) in [5.74, 6) is 0.218. The predicted octanol–water partition coefficient (Wildman–Crippen LogP) is 3.45. The maximum Gasteiger partial charge on any atom is 0.407 e.